The Labute approximate surface area is 67.1 Å². The maximum Gasteiger partial charge on any atom is 0.328 e. The molecule has 0 spiro atoms. The van der Waals surface area contributed by atoms with Crippen molar-refractivity contribution in [3.8, 4) is 0 Å². The number of hydrogen-bond acceptors (Lipinski definition) is 3. The average Bonchev–Trinajstić information content (AvgIpc) is 2.32. The molecule has 0 aromatic rings. The number of ether oxygens (including phenoxy) is 1. The zero-order chi connectivity index (χ0) is 8.43. The minimum atomic E-state index is -0.391. The molecule has 1 unspecified atom stereocenters. The van der Waals surface area contributed by atoms with Crippen LogP contribution in [0.4, 0.5) is 0 Å². The number of rotatable bonds is 1. The van der Waals surface area contributed by atoms with Crippen molar-refractivity contribution in [2.24, 2.45) is 0 Å². The van der Waals surface area contributed by atoms with E-state index in [0.717, 1.165) is 0 Å². The van der Waals surface area contributed by atoms with Gasteiger partial charge in [0.15, 0.2) is 0 Å². The third-order valence-corrected chi connectivity index (χ3v) is 2.38. The summed E-state index contributed by atoms with van der Waals surface area (Å²) in [6, 6.07) is -0.391. The van der Waals surface area contributed by atoms with E-state index < -0.39 is 6.04 Å². The summed E-state index contributed by atoms with van der Waals surface area (Å²) >= 11 is 0. The van der Waals surface area contributed by atoms with Crippen molar-refractivity contribution in [2.45, 2.75) is 18.9 Å². The molecule has 0 aromatic heterocycles. The number of nitrogens with zero attached hydrogens (tertiary/aromatic N) is 1. The van der Waals surface area contributed by atoms with Crippen molar-refractivity contribution in [1.29, 1.82) is 0 Å². The molecule has 1 rings (SSSR count). The van der Waals surface area contributed by atoms with E-state index in [1.165, 1.54) is 11.8 Å². The van der Waals surface area contributed by atoms with Crippen molar-refractivity contribution >= 4 is 21.3 Å². The van der Waals surface area contributed by atoms with Gasteiger partial charge in [-0.15, -0.1) is 0 Å². The van der Waals surface area contributed by atoms with Crippen LogP contribution in [0.5, 0.6) is 0 Å². The second-order valence-electron chi connectivity index (χ2n) is 2.38. The van der Waals surface area contributed by atoms with Gasteiger partial charge >= 0.3 is 5.97 Å². The van der Waals surface area contributed by atoms with Gasteiger partial charge in [-0.3, -0.25) is 4.79 Å². The summed E-state index contributed by atoms with van der Waals surface area (Å²) in [5.74, 6) is -0.365. The Balaban J connectivity index is 2.61. The predicted molar refractivity (Wildman–Crippen MR) is 41.6 cm³/mol. The molecule has 0 aromatic carbocycles. The first kappa shape index (κ1) is 8.47. The lowest BCUT2D eigenvalue weighted by molar-refractivity contribution is -0.146. The van der Waals surface area contributed by atoms with Crippen molar-refractivity contribution in [1.82, 2.24) is 4.67 Å². The van der Waals surface area contributed by atoms with Crippen LogP contribution in [0.3, 0.4) is 0 Å². The first-order valence-electron chi connectivity index (χ1n) is 3.31. The molecule has 4 nitrogen and oxygen atoms in total. The van der Waals surface area contributed by atoms with Crippen LogP contribution in [0.25, 0.3) is 0 Å². The van der Waals surface area contributed by atoms with Gasteiger partial charge in [-0.2, -0.15) is 0 Å². The molecule has 0 aliphatic carbocycles. The number of esters is 1. The van der Waals surface area contributed by atoms with Crippen molar-refractivity contribution in [2.75, 3.05) is 7.11 Å². The molecule has 1 saturated heterocycles. The highest BCUT2D eigenvalue weighted by Crippen LogP contribution is 2.22. The largest absolute Gasteiger partial charge is 0.467 e. The van der Waals surface area contributed by atoms with E-state index in [0.29, 0.717) is 12.8 Å². The number of methoxy groups -OCH3 is 1. The van der Waals surface area contributed by atoms with E-state index in [-0.39, 0.29) is 11.9 Å². The molecule has 1 heterocycles. The molecule has 1 aliphatic rings. The third kappa shape index (κ3) is 1.51. The second kappa shape index (κ2) is 3.18. The molecule has 1 fully saturated rings. The minimum absolute atomic E-state index is 0.0228. The van der Waals surface area contributed by atoms with Crippen molar-refractivity contribution < 1.29 is 14.3 Å². The summed E-state index contributed by atoms with van der Waals surface area (Å²) in [6.07, 6.45) is 0.998. The van der Waals surface area contributed by atoms with E-state index in [1.54, 1.807) is 0 Å². The third-order valence-electron chi connectivity index (χ3n) is 1.73. The minimum Gasteiger partial charge on any atom is -0.467 e. The summed E-state index contributed by atoms with van der Waals surface area (Å²) < 4.78 is 5.86. The molecule has 62 valence electrons. The van der Waals surface area contributed by atoms with E-state index >= 15 is 0 Å². The molecular weight excluding hydrogens is 165 g/mol. The smallest absolute Gasteiger partial charge is 0.328 e. The van der Waals surface area contributed by atoms with Crippen molar-refractivity contribution in [3.05, 3.63) is 0 Å². The lowest BCUT2D eigenvalue weighted by Crippen LogP contribution is -2.31. The van der Waals surface area contributed by atoms with Gasteiger partial charge in [0.1, 0.15) is 6.04 Å². The highest BCUT2D eigenvalue weighted by atomic mass is 31.0. The summed E-state index contributed by atoms with van der Waals surface area (Å²) in [6.45, 7) is 0. The zero-order valence-electron chi connectivity index (χ0n) is 6.24. The Hall–Kier alpha value is -0.630. The molecule has 11 heavy (non-hydrogen) atoms. The Morgan fingerprint density at radius 1 is 1.82 bits per heavy atom. The fraction of sp³-hybridized carbons (Fsp3) is 0.667. The summed E-state index contributed by atoms with van der Waals surface area (Å²) in [5, 5.41) is 0. The molecule has 5 heteroatoms. The fourth-order valence-corrected chi connectivity index (χ4v) is 1.47. The Morgan fingerprint density at radius 3 is 2.82 bits per heavy atom. The normalized spacial score (nSPS) is 24.0. The van der Waals surface area contributed by atoms with Gasteiger partial charge in [0.2, 0.25) is 5.91 Å². The van der Waals surface area contributed by atoms with Crippen LogP contribution in [0.15, 0.2) is 0 Å². The molecule has 1 amide bonds. The van der Waals surface area contributed by atoms with E-state index in [4.69, 9.17) is 0 Å². The van der Waals surface area contributed by atoms with Gasteiger partial charge in [-0.1, -0.05) is 0 Å². The molecule has 0 radical (unpaired) electrons. The Bertz CT molecular complexity index is 194. The van der Waals surface area contributed by atoms with Gasteiger partial charge in [0, 0.05) is 6.42 Å². The number of hydrogen-bond donors (Lipinski definition) is 0. The van der Waals surface area contributed by atoms with Crippen LogP contribution in [0, 0.1) is 0 Å². The lowest BCUT2D eigenvalue weighted by Gasteiger charge is -2.15. The van der Waals surface area contributed by atoms with Gasteiger partial charge in [-0.25, -0.2) is 4.79 Å². The van der Waals surface area contributed by atoms with Gasteiger partial charge in [0.05, 0.1) is 7.11 Å². The molecule has 2 atom stereocenters. The number of carbonyl (C=O) groups excluding carboxylic acids is 2. The van der Waals surface area contributed by atoms with E-state index in [9.17, 15) is 9.59 Å². The molecular formula is C6H10NO3P. The standard InChI is InChI=1S/C6H10NO3P/c1-10-6(9)4-2-3-5(8)7(4)11/h4H,2-3,11H2,1H3/t4-/m0/s1. The first-order chi connectivity index (χ1) is 5.16. The first-order valence-corrected chi connectivity index (χ1v) is 3.83. The topological polar surface area (TPSA) is 46.6 Å². The fourth-order valence-electron chi connectivity index (χ4n) is 1.07. The van der Waals surface area contributed by atoms with Crippen LogP contribution in [-0.2, 0) is 14.3 Å². The van der Waals surface area contributed by atoms with Crippen LogP contribution in [0.1, 0.15) is 12.8 Å². The van der Waals surface area contributed by atoms with Crippen LogP contribution < -0.4 is 0 Å². The highest BCUT2D eigenvalue weighted by Gasteiger charge is 2.33. The van der Waals surface area contributed by atoms with Gasteiger partial charge in [-0.05, 0) is 15.8 Å². The summed E-state index contributed by atoms with van der Waals surface area (Å²) in [5.41, 5.74) is 0. The molecule has 1 aliphatic heterocycles. The monoisotopic (exact) mass is 175 g/mol. The lowest BCUT2D eigenvalue weighted by atomic mass is 10.2. The Kier molecular flexibility index (Phi) is 2.45. The average molecular weight is 175 g/mol. The summed E-state index contributed by atoms with van der Waals surface area (Å²) in [7, 11) is 3.55. The zero-order valence-corrected chi connectivity index (χ0v) is 7.40. The second-order valence-corrected chi connectivity index (χ2v) is 2.93. The summed E-state index contributed by atoms with van der Waals surface area (Å²) in [4.78, 5) is 21.8. The van der Waals surface area contributed by atoms with E-state index in [1.807, 2.05) is 0 Å². The molecule has 0 saturated carbocycles. The Morgan fingerprint density at radius 2 is 2.45 bits per heavy atom. The number of carbonyl (C=O) groups is 2. The maximum atomic E-state index is 10.9. The van der Waals surface area contributed by atoms with Crippen LogP contribution in [0.2, 0.25) is 0 Å². The van der Waals surface area contributed by atoms with Crippen LogP contribution >= 0.6 is 9.39 Å². The maximum absolute atomic E-state index is 10.9. The van der Waals surface area contributed by atoms with Gasteiger partial charge in [0.25, 0.3) is 0 Å². The van der Waals surface area contributed by atoms with Crippen LogP contribution in [-0.4, -0.2) is 29.7 Å². The quantitative estimate of drug-likeness (QED) is 0.414. The predicted octanol–water partition coefficient (Wildman–Crippen LogP) is -0.0595. The van der Waals surface area contributed by atoms with Crippen molar-refractivity contribution in [3.63, 3.8) is 0 Å². The molecule has 0 N–H and O–H groups in total. The SMILES string of the molecule is COC(=O)[C@@H]1CCC(=O)N1P. The van der Waals surface area contributed by atoms with Gasteiger partial charge < -0.3 is 9.41 Å². The highest BCUT2D eigenvalue weighted by molar-refractivity contribution is 7.14. The van der Waals surface area contributed by atoms with E-state index in [2.05, 4.69) is 14.1 Å². The number of amides is 1. The molecule has 0 bridgehead atoms.